The third-order valence-corrected chi connectivity index (χ3v) is 5.93. The highest BCUT2D eigenvalue weighted by Gasteiger charge is 2.27. The molecular formula is C21H28N6O2. The van der Waals surface area contributed by atoms with Gasteiger partial charge in [0.05, 0.1) is 4.92 Å². The van der Waals surface area contributed by atoms with Crippen LogP contribution in [0.5, 0.6) is 0 Å². The molecule has 2 aliphatic heterocycles. The first-order valence-electron chi connectivity index (χ1n) is 10.3. The van der Waals surface area contributed by atoms with Crippen LogP contribution in [0.25, 0.3) is 11.4 Å². The fourth-order valence-corrected chi connectivity index (χ4v) is 4.33. The molecule has 2 aliphatic rings. The molecule has 154 valence electrons. The minimum Gasteiger partial charge on any atom is -0.354 e. The summed E-state index contributed by atoms with van der Waals surface area (Å²) < 4.78 is 0. The van der Waals surface area contributed by atoms with E-state index < -0.39 is 4.92 Å². The van der Waals surface area contributed by atoms with Gasteiger partial charge in [-0.05, 0) is 45.5 Å². The van der Waals surface area contributed by atoms with Crippen molar-refractivity contribution in [1.29, 1.82) is 0 Å². The monoisotopic (exact) mass is 396 g/mol. The number of piperidine rings is 1. The number of piperazine rings is 1. The summed E-state index contributed by atoms with van der Waals surface area (Å²) in [5, 5.41) is 10.9. The Balaban J connectivity index is 1.46. The van der Waals surface area contributed by atoms with Gasteiger partial charge in [-0.3, -0.25) is 15.0 Å². The predicted molar refractivity (Wildman–Crippen MR) is 113 cm³/mol. The molecule has 0 saturated carbocycles. The van der Waals surface area contributed by atoms with Crippen LogP contribution in [0.4, 0.5) is 11.5 Å². The average Bonchev–Trinajstić information content (AvgIpc) is 2.73. The van der Waals surface area contributed by atoms with Crippen molar-refractivity contribution >= 4 is 11.5 Å². The molecule has 0 radical (unpaired) electrons. The van der Waals surface area contributed by atoms with Gasteiger partial charge in [-0.25, -0.2) is 9.97 Å². The van der Waals surface area contributed by atoms with Gasteiger partial charge in [-0.1, -0.05) is 0 Å². The average molecular weight is 396 g/mol. The SMILES string of the molecule is Cc1cc(N2CCN(C3CCCN(C)C3)CC2)nc(-c2ccc([N+](=O)[O-])cc2)n1. The standard InChI is InChI=1S/C21H28N6O2/c1-16-14-20(23-21(22-16)17-5-7-18(8-6-17)27(28)29)26-12-10-25(11-13-26)19-4-3-9-24(2)15-19/h5-8,14,19H,3-4,9-13,15H2,1-2H3. The summed E-state index contributed by atoms with van der Waals surface area (Å²) in [5.41, 5.74) is 1.77. The summed E-state index contributed by atoms with van der Waals surface area (Å²) in [5.74, 6) is 1.55. The molecule has 1 aromatic heterocycles. The number of hydrogen-bond donors (Lipinski definition) is 0. The van der Waals surface area contributed by atoms with E-state index in [1.165, 1.54) is 31.5 Å². The van der Waals surface area contributed by atoms with Crippen LogP contribution in [0, 0.1) is 17.0 Å². The van der Waals surface area contributed by atoms with Gasteiger partial charge in [0, 0.05) is 68.2 Å². The smallest absolute Gasteiger partial charge is 0.269 e. The Labute approximate surface area is 171 Å². The molecule has 8 nitrogen and oxygen atoms in total. The van der Waals surface area contributed by atoms with Crippen molar-refractivity contribution < 1.29 is 4.92 Å². The minimum absolute atomic E-state index is 0.0751. The van der Waals surface area contributed by atoms with Crippen LogP contribution >= 0.6 is 0 Å². The summed E-state index contributed by atoms with van der Waals surface area (Å²) in [6.07, 6.45) is 2.58. The third-order valence-electron chi connectivity index (χ3n) is 5.93. The maximum Gasteiger partial charge on any atom is 0.269 e. The van der Waals surface area contributed by atoms with Crippen LogP contribution < -0.4 is 4.90 Å². The van der Waals surface area contributed by atoms with E-state index in [1.54, 1.807) is 12.1 Å². The Bertz CT molecular complexity index is 864. The molecule has 1 atom stereocenters. The minimum atomic E-state index is -0.393. The Hall–Kier alpha value is -2.58. The van der Waals surface area contributed by atoms with Crippen LogP contribution in [-0.2, 0) is 0 Å². The Morgan fingerprint density at radius 3 is 2.45 bits per heavy atom. The van der Waals surface area contributed by atoms with Crippen LogP contribution in [0.2, 0.25) is 0 Å². The van der Waals surface area contributed by atoms with Crippen molar-refractivity contribution in [3.8, 4) is 11.4 Å². The van der Waals surface area contributed by atoms with E-state index in [-0.39, 0.29) is 5.69 Å². The highest BCUT2D eigenvalue weighted by Crippen LogP contribution is 2.24. The Morgan fingerprint density at radius 2 is 1.79 bits per heavy atom. The first kappa shape index (κ1) is 19.7. The number of non-ortho nitro benzene ring substituents is 1. The first-order valence-corrected chi connectivity index (χ1v) is 10.3. The summed E-state index contributed by atoms with van der Waals surface area (Å²) >= 11 is 0. The van der Waals surface area contributed by atoms with Gasteiger partial charge in [-0.2, -0.15) is 0 Å². The number of likely N-dealkylation sites (tertiary alicyclic amines) is 1. The molecular weight excluding hydrogens is 368 g/mol. The molecule has 2 fully saturated rings. The summed E-state index contributed by atoms with van der Waals surface area (Å²) in [4.78, 5) is 27.2. The topological polar surface area (TPSA) is 78.6 Å². The van der Waals surface area contributed by atoms with Gasteiger partial charge < -0.3 is 9.80 Å². The number of benzene rings is 1. The van der Waals surface area contributed by atoms with Crippen molar-refractivity contribution in [3.05, 3.63) is 46.1 Å². The van der Waals surface area contributed by atoms with Crippen molar-refractivity contribution in [2.75, 3.05) is 51.2 Å². The second kappa shape index (κ2) is 8.42. The summed E-state index contributed by atoms with van der Waals surface area (Å²) in [7, 11) is 2.21. The molecule has 0 spiro atoms. The highest BCUT2D eigenvalue weighted by molar-refractivity contribution is 5.60. The second-order valence-corrected chi connectivity index (χ2v) is 8.08. The number of aryl methyl sites for hydroxylation is 1. The zero-order chi connectivity index (χ0) is 20.4. The van der Waals surface area contributed by atoms with Crippen LogP contribution in [-0.4, -0.2) is 77.0 Å². The summed E-state index contributed by atoms with van der Waals surface area (Å²) in [6.45, 7) is 8.35. The van der Waals surface area contributed by atoms with Gasteiger partial charge >= 0.3 is 0 Å². The number of aromatic nitrogens is 2. The fourth-order valence-electron chi connectivity index (χ4n) is 4.33. The van der Waals surface area contributed by atoms with E-state index in [2.05, 4.69) is 26.7 Å². The zero-order valence-corrected chi connectivity index (χ0v) is 17.1. The van der Waals surface area contributed by atoms with Crippen molar-refractivity contribution in [2.24, 2.45) is 0 Å². The van der Waals surface area contributed by atoms with Crippen LogP contribution in [0.15, 0.2) is 30.3 Å². The van der Waals surface area contributed by atoms with Crippen molar-refractivity contribution in [2.45, 2.75) is 25.8 Å². The van der Waals surface area contributed by atoms with Gasteiger partial charge in [0.25, 0.3) is 5.69 Å². The lowest BCUT2D eigenvalue weighted by atomic mass is 10.0. The molecule has 3 heterocycles. The third kappa shape index (κ3) is 4.54. The molecule has 1 aromatic carbocycles. The lowest BCUT2D eigenvalue weighted by Crippen LogP contribution is -2.54. The number of nitro benzene ring substituents is 1. The molecule has 2 aromatic rings. The van der Waals surface area contributed by atoms with Crippen LogP contribution in [0.3, 0.4) is 0 Å². The quantitative estimate of drug-likeness (QED) is 0.580. The molecule has 4 rings (SSSR count). The number of hydrogen-bond acceptors (Lipinski definition) is 7. The molecule has 1 unspecified atom stereocenters. The van der Waals surface area contributed by atoms with E-state index >= 15 is 0 Å². The first-order chi connectivity index (χ1) is 14.0. The largest absolute Gasteiger partial charge is 0.354 e. The van der Waals surface area contributed by atoms with E-state index in [4.69, 9.17) is 4.98 Å². The molecule has 2 saturated heterocycles. The number of nitro groups is 1. The number of rotatable bonds is 4. The number of likely N-dealkylation sites (N-methyl/N-ethyl adjacent to an activating group) is 1. The molecule has 0 bridgehead atoms. The highest BCUT2D eigenvalue weighted by atomic mass is 16.6. The maximum absolute atomic E-state index is 10.9. The molecule has 0 N–H and O–H groups in total. The second-order valence-electron chi connectivity index (χ2n) is 8.08. The fraction of sp³-hybridized carbons (Fsp3) is 0.524. The predicted octanol–water partition coefficient (Wildman–Crippen LogP) is 2.58. The van der Waals surface area contributed by atoms with Gasteiger partial charge in [0.1, 0.15) is 5.82 Å². The van der Waals surface area contributed by atoms with E-state index in [0.717, 1.165) is 49.8 Å². The molecule has 0 aliphatic carbocycles. The molecule has 29 heavy (non-hydrogen) atoms. The van der Waals surface area contributed by atoms with Gasteiger partial charge in [-0.15, -0.1) is 0 Å². The van der Waals surface area contributed by atoms with Gasteiger partial charge in [0.15, 0.2) is 5.82 Å². The van der Waals surface area contributed by atoms with Crippen molar-refractivity contribution in [3.63, 3.8) is 0 Å². The Kier molecular flexibility index (Phi) is 5.73. The normalized spacial score (nSPS) is 21.3. The lowest BCUT2D eigenvalue weighted by Gasteiger charge is -2.43. The van der Waals surface area contributed by atoms with E-state index in [0.29, 0.717) is 11.9 Å². The Morgan fingerprint density at radius 1 is 1.07 bits per heavy atom. The van der Waals surface area contributed by atoms with E-state index in [1.807, 2.05) is 13.0 Å². The number of nitrogens with zero attached hydrogens (tertiary/aromatic N) is 6. The van der Waals surface area contributed by atoms with E-state index in [9.17, 15) is 10.1 Å². The molecule has 0 amide bonds. The lowest BCUT2D eigenvalue weighted by molar-refractivity contribution is -0.384. The maximum atomic E-state index is 10.9. The zero-order valence-electron chi connectivity index (χ0n) is 17.1. The van der Waals surface area contributed by atoms with Gasteiger partial charge in [0.2, 0.25) is 0 Å². The van der Waals surface area contributed by atoms with Crippen molar-refractivity contribution in [1.82, 2.24) is 19.8 Å². The number of anilines is 1. The molecule has 8 heteroatoms. The summed E-state index contributed by atoms with van der Waals surface area (Å²) in [6, 6.07) is 9.13. The van der Waals surface area contributed by atoms with Crippen LogP contribution in [0.1, 0.15) is 18.5 Å².